The van der Waals surface area contributed by atoms with Crippen molar-refractivity contribution in [3.63, 3.8) is 0 Å². The molecule has 0 radical (unpaired) electrons. The van der Waals surface area contributed by atoms with E-state index in [0.717, 1.165) is 9.75 Å². The van der Waals surface area contributed by atoms with E-state index in [0.29, 0.717) is 32.5 Å². The van der Waals surface area contributed by atoms with Crippen molar-refractivity contribution in [1.29, 1.82) is 0 Å². The van der Waals surface area contributed by atoms with Crippen molar-refractivity contribution in [1.82, 2.24) is 5.32 Å². The quantitative estimate of drug-likeness (QED) is 0.770. The number of hydrogen-bond donors (Lipinski definition) is 2. The Labute approximate surface area is 122 Å². The number of nitrogens with one attached hydrogen (secondary N) is 1. The van der Waals surface area contributed by atoms with Crippen LogP contribution in [0.15, 0.2) is 12.1 Å². The maximum Gasteiger partial charge on any atom is 0.310 e. The van der Waals surface area contributed by atoms with Crippen LogP contribution in [-0.4, -0.2) is 43.0 Å². The van der Waals surface area contributed by atoms with Crippen LogP contribution < -0.4 is 5.32 Å². The Bertz CT molecular complexity index is 462. The summed E-state index contributed by atoms with van der Waals surface area (Å²) in [6, 6.07) is 3.93. The first-order chi connectivity index (χ1) is 9.53. The van der Waals surface area contributed by atoms with Crippen LogP contribution in [0.1, 0.15) is 23.1 Å². The molecule has 1 fully saturated rings. The van der Waals surface area contributed by atoms with Gasteiger partial charge in [0.05, 0.1) is 19.6 Å². The van der Waals surface area contributed by atoms with E-state index >= 15 is 0 Å². The second-order valence-electron chi connectivity index (χ2n) is 5.09. The Hall–Kier alpha value is -0.950. The second-order valence-corrected chi connectivity index (χ2v) is 6.34. The van der Waals surface area contributed by atoms with E-state index in [4.69, 9.17) is 4.74 Å². The summed E-state index contributed by atoms with van der Waals surface area (Å²) in [6.45, 7) is 3.70. The van der Waals surface area contributed by atoms with Crippen LogP contribution in [0, 0.1) is 0 Å². The van der Waals surface area contributed by atoms with Crippen LogP contribution in [0.25, 0.3) is 0 Å². The molecule has 6 heteroatoms. The van der Waals surface area contributed by atoms with Crippen molar-refractivity contribution >= 4 is 17.3 Å². The maximum absolute atomic E-state index is 11.2. The Morgan fingerprint density at radius 3 is 3.00 bits per heavy atom. The third kappa shape index (κ3) is 3.79. The molecule has 1 aliphatic rings. The largest absolute Gasteiger partial charge is 0.469 e. The maximum atomic E-state index is 11.2. The van der Waals surface area contributed by atoms with Crippen LogP contribution in [-0.2, 0) is 27.2 Å². The summed E-state index contributed by atoms with van der Waals surface area (Å²) >= 11 is 1.58. The lowest BCUT2D eigenvalue weighted by Gasteiger charge is -2.26. The fourth-order valence-electron chi connectivity index (χ4n) is 2.23. The van der Waals surface area contributed by atoms with E-state index in [1.54, 1.807) is 11.3 Å². The van der Waals surface area contributed by atoms with Crippen molar-refractivity contribution in [2.24, 2.45) is 0 Å². The van der Waals surface area contributed by atoms with Gasteiger partial charge in [0, 0.05) is 35.9 Å². The molecule has 2 unspecified atom stereocenters. The molecule has 0 bridgehead atoms. The summed E-state index contributed by atoms with van der Waals surface area (Å²) in [4.78, 5) is 13.3. The first-order valence-electron chi connectivity index (χ1n) is 6.72. The summed E-state index contributed by atoms with van der Waals surface area (Å²) in [7, 11) is 1.39. The van der Waals surface area contributed by atoms with Gasteiger partial charge in [-0.05, 0) is 19.1 Å². The minimum absolute atomic E-state index is 0.131. The smallest absolute Gasteiger partial charge is 0.310 e. The zero-order chi connectivity index (χ0) is 14.6. The molecular formula is C14H21NO4S. The normalized spacial score (nSPS) is 25.9. The fourth-order valence-corrected chi connectivity index (χ4v) is 3.21. The van der Waals surface area contributed by atoms with Crippen LogP contribution in [0.4, 0.5) is 0 Å². The minimum Gasteiger partial charge on any atom is -0.469 e. The molecule has 112 valence electrons. The molecule has 2 heterocycles. The molecule has 0 amide bonds. The molecular weight excluding hydrogens is 278 g/mol. The number of ether oxygens (including phenoxy) is 2. The monoisotopic (exact) mass is 299 g/mol. The molecule has 0 aromatic carbocycles. The highest BCUT2D eigenvalue weighted by atomic mass is 32.1. The molecule has 20 heavy (non-hydrogen) atoms. The van der Waals surface area contributed by atoms with E-state index in [-0.39, 0.29) is 12.1 Å². The molecule has 5 nitrogen and oxygen atoms in total. The lowest BCUT2D eigenvalue weighted by molar-refractivity contribution is -0.139. The van der Waals surface area contributed by atoms with E-state index < -0.39 is 5.60 Å². The molecule has 1 aromatic heterocycles. The standard InChI is InChI=1S/C14H21NO4S/c1-10-14(17,5-6-19-10)9-15-8-12-4-3-11(20-12)7-13(16)18-2/h3-4,10,15,17H,5-9H2,1-2H3. The summed E-state index contributed by atoms with van der Waals surface area (Å²) in [5.74, 6) is -0.224. The third-order valence-electron chi connectivity index (χ3n) is 3.65. The van der Waals surface area contributed by atoms with Gasteiger partial charge >= 0.3 is 5.97 Å². The molecule has 1 saturated heterocycles. The van der Waals surface area contributed by atoms with Crippen molar-refractivity contribution in [3.8, 4) is 0 Å². The van der Waals surface area contributed by atoms with Crippen molar-refractivity contribution in [2.75, 3.05) is 20.3 Å². The number of thiophene rings is 1. The molecule has 2 rings (SSSR count). The Morgan fingerprint density at radius 2 is 2.35 bits per heavy atom. The SMILES string of the molecule is COC(=O)Cc1ccc(CNCC2(O)CCOC2C)s1. The molecule has 0 aliphatic carbocycles. The number of esters is 1. The van der Waals surface area contributed by atoms with Gasteiger partial charge in [0.15, 0.2) is 0 Å². The summed E-state index contributed by atoms with van der Waals surface area (Å²) < 4.78 is 10.0. The number of carbonyl (C=O) groups is 1. The van der Waals surface area contributed by atoms with E-state index in [1.807, 2.05) is 19.1 Å². The zero-order valence-corrected chi connectivity index (χ0v) is 12.7. The Kier molecular flexibility index (Phi) is 5.15. The number of carbonyl (C=O) groups excluding carboxylic acids is 1. The predicted molar refractivity (Wildman–Crippen MR) is 76.7 cm³/mol. The van der Waals surface area contributed by atoms with Gasteiger partial charge in [0.25, 0.3) is 0 Å². The minimum atomic E-state index is -0.772. The molecule has 1 aliphatic heterocycles. The zero-order valence-electron chi connectivity index (χ0n) is 11.8. The van der Waals surface area contributed by atoms with Gasteiger partial charge in [-0.25, -0.2) is 0 Å². The lowest BCUT2D eigenvalue weighted by Crippen LogP contribution is -2.45. The number of rotatable bonds is 6. The van der Waals surface area contributed by atoms with Gasteiger partial charge in [-0.2, -0.15) is 0 Å². The van der Waals surface area contributed by atoms with Crippen LogP contribution >= 0.6 is 11.3 Å². The van der Waals surface area contributed by atoms with Gasteiger partial charge in [-0.1, -0.05) is 0 Å². The molecule has 2 atom stereocenters. The van der Waals surface area contributed by atoms with E-state index in [1.165, 1.54) is 7.11 Å². The summed E-state index contributed by atoms with van der Waals surface area (Å²) in [6.07, 6.45) is 0.850. The van der Waals surface area contributed by atoms with Gasteiger partial charge in [0.2, 0.25) is 0 Å². The first-order valence-corrected chi connectivity index (χ1v) is 7.54. The van der Waals surface area contributed by atoms with Crippen molar-refractivity contribution in [3.05, 3.63) is 21.9 Å². The average Bonchev–Trinajstić information content (AvgIpc) is 2.98. The molecule has 0 spiro atoms. The van der Waals surface area contributed by atoms with Gasteiger partial charge in [0.1, 0.15) is 5.60 Å². The first kappa shape index (κ1) is 15.4. The number of methoxy groups -OCH3 is 1. The topological polar surface area (TPSA) is 67.8 Å². The highest BCUT2D eigenvalue weighted by molar-refractivity contribution is 7.12. The second kappa shape index (κ2) is 6.67. The van der Waals surface area contributed by atoms with Crippen molar-refractivity contribution < 1.29 is 19.4 Å². The molecule has 2 N–H and O–H groups in total. The van der Waals surface area contributed by atoms with Gasteiger partial charge in [-0.3, -0.25) is 4.79 Å². The highest BCUT2D eigenvalue weighted by Gasteiger charge is 2.38. The van der Waals surface area contributed by atoms with Gasteiger partial charge < -0.3 is 19.9 Å². The van der Waals surface area contributed by atoms with Crippen molar-refractivity contribution in [2.45, 2.75) is 38.0 Å². The summed E-state index contributed by atoms with van der Waals surface area (Å²) in [5, 5.41) is 13.6. The molecule has 0 saturated carbocycles. The van der Waals surface area contributed by atoms with Crippen LogP contribution in [0.2, 0.25) is 0 Å². The summed E-state index contributed by atoms with van der Waals surface area (Å²) in [5.41, 5.74) is -0.772. The third-order valence-corrected chi connectivity index (χ3v) is 4.74. The van der Waals surface area contributed by atoms with E-state index in [2.05, 4.69) is 10.1 Å². The van der Waals surface area contributed by atoms with E-state index in [9.17, 15) is 9.90 Å². The highest BCUT2D eigenvalue weighted by Crippen LogP contribution is 2.25. The number of hydrogen-bond acceptors (Lipinski definition) is 6. The van der Waals surface area contributed by atoms with Gasteiger partial charge in [-0.15, -0.1) is 11.3 Å². The van der Waals surface area contributed by atoms with Crippen LogP contribution in [0.3, 0.4) is 0 Å². The fraction of sp³-hybridized carbons (Fsp3) is 0.643. The molecule has 1 aromatic rings. The predicted octanol–water partition coefficient (Wildman–Crippen LogP) is 1.09. The lowest BCUT2D eigenvalue weighted by atomic mass is 9.97. The van der Waals surface area contributed by atoms with Crippen LogP contribution in [0.5, 0.6) is 0 Å². The average molecular weight is 299 g/mol. The Balaban J connectivity index is 1.78. The number of aliphatic hydroxyl groups is 1. The Morgan fingerprint density at radius 1 is 1.60 bits per heavy atom.